The van der Waals surface area contributed by atoms with Crippen molar-refractivity contribution in [2.45, 2.75) is 4.90 Å². The van der Waals surface area contributed by atoms with Gasteiger partial charge in [0.25, 0.3) is 10.0 Å². The molecular weight excluding hydrogens is 364 g/mol. The van der Waals surface area contributed by atoms with E-state index in [4.69, 9.17) is 18.0 Å². The largest absolute Gasteiger partial charge is 0.389 e. The molecule has 1 heterocycles. The number of hydrogen-bond donors (Lipinski definition) is 2. The number of anilines is 1. The predicted octanol–water partition coefficient (Wildman–Crippen LogP) is 1.67. The third-order valence-electron chi connectivity index (χ3n) is 2.31. The Kier molecular flexibility index (Phi) is 4.31. The molecule has 0 atom stereocenters. The van der Waals surface area contributed by atoms with Crippen LogP contribution < -0.4 is 10.5 Å². The van der Waals surface area contributed by atoms with Gasteiger partial charge in [0.1, 0.15) is 9.59 Å². The summed E-state index contributed by atoms with van der Waals surface area (Å²) in [6.45, 7) is 0. The van der Waals surface area contributed by atoms with Gasteiger partial charge in [0.2, 0.25) is 0 Å². The van der Waals surface area contributed by atoms with E-state index in [0.717, 1.165) is 0 Å². The van der Waals surface area contributed by atoms with E-state index in [0.29, 0.717) is 10.2 Å². The van der Waals surface area contributed by atoms with Crippen molar-refractivity contribution in [1.29, 1.82) is 0 Å². The molecule has 104 valence electrons. The van der Waals surface area contributed by atoms with Crippen LogP contribution in [0.1, 0.15) is 5.56 Å². The Hall–Kier alpha value is -1.58. The summed E-state index contributed by atoms with van der Waals surface area (Å²) in [6.07, 6.45) is 2.71. The molecule has 2 aromatic rings. The monoisotopic (exact) mass is 372 g/mol. The number of nitrogens with two attached hydrogens (primary N) is 1. The van der Waals surface area contributed by atoms with Crippen LogP contribution in [-0.4, -0.2) is 23.4 Å². The van der Waals surface area contributed by atoms with Crippen LogP contribution in [0.25, 0.3) is 0 Å². The molecule has 20 heavy (non-hydrogen) atoms. The minimum absolute atomic E-state index is 0.0854. The highest BCUT2D eigenvalue weighted by atomic mass is 79.9. The number of nitrogens with one attached hydrogen (secondary N) is 1. The quantitative estimate of drug-likeness (QED) is 0.792. The van der Waals surface area contributed by atoms with E-state index >= 15 is 0 Å². The van der Waals surface area contributed by atoms with Crippen LogP contribution in [0.15, 0.2) is 46.2 Å². The topological polar surface area (TPSA) is 98.0 Å². The van der Waals surface area contributed by atoms with Gasteiger partial charge in [-0.15, -0.1) is 0 Å². The number of benzene rings is 1. The maximum Gasteiger partial charge on any atom is 0.263 e. The molecule has 0 fully saturated rings. The molecule has 0 saturated carbocycles. The van der Waals surface area contributed by atoms with Gasteiger partial charge in [0.15, 0.2) is 5.82 Å². The van der Waals surface area contributed by atoms with Gasteiger partial charge in [-0.25, -0.2) is 18.4 Å². The van der Waals surface area contributed by atoms with Crippen molar-refractivity contribution in [2.75, 3.05) is 4.72 Å². The van der Waals surface area contributed by atoms with Gasteiger partial charge in [-0.1, -0.05) is 24.4 Å². The van der Waals surface area contributed by atoms with Gasteiger partial charge in [-0.2, -0.15) is 0 Å². The third-order valence-corrected chi connectivity index (χ3v) is 4.32. The summed E-state index contributed by atoms with van der Waals surface area (Å²) in [6, 6.07) is 5.93. The fraction of sp³-hybridized carbons (Fsp3) is 0. The summed E-state index contributed by atoms with van der Waals surface area (Å²) in [5.74, 6) is 0.131. The van der Waals surface area contributed by atoms with Gasteiger partial charge in [-0.3, -0.25) is 4.72 Å². The van der Waals surface area contributed by atoms with E-state index in [1.165, 1.54) is 24.5 Å². The molecule has 0 saturated heterocycles. The number of nitrogens with zero attached hydrogens (tertiary/aromatic N) is 2. The van der Waals surface area contributed by atoms with Crippen LogP contribution >= 0.6 is 28.1 Å². The normalized spacial score (nSPS) is 11.1. The number of rotatable bonds is 4. The lowest BCUT2D eigenvalue weighted by Gasteiger charge is -2.07. The molecule has 0 amide bonds. The lowest BCUT2D eigenvalue weighted by atomic mass is 10.2. The Morgan fingerprint density at radius 2 is 1.85 bits per heavy atom. The van der Waals surface area contributed by atoms with Gasteiger partial charge in [0.05, 0.1) is 17.3 Å². The van der Waals surface area contributed by atoms with E-state index < -0.39 is 10.0 Å². The number of halogens is 1. The van der Waals surface area contributed by atoms with Crippen LogP contribution in [0.2, 0.25) is 0 Å². The Morgan fingerprint density at radius 1 is 1.20 bits per heavy atom. The Balaban J connectivity index is 2.26. The molecule has 3 N–H and O–H groups in total. The molecule has 0 unspecified atom stereocenters. The zero-order valence-corrected chi connectivity index (χ0v) is 13.2. The standard InChI is InChI=1S/C11H9BrN4O2S2/c12-9-5-15-10(6-14-9)16-20(17,18)8-3-1-7(2-4-8)11(13)19/h1-6H,(H2,13,19)(H,15,16). The van der Waals surface area contributed by atoms with Gasteiger partial charge in [0, 0.05) is 5.56 Å². The average molecular weight is 373 g/mol. The SMILES string of the molecule is NC(=S)c1ccc(S(=O)(=O)Nc2cnc(Br)cn2)cc1. The van der Waals surface area contributed by atoms with Gasteiger partial charge >= 0.3 is 0 Å². The second-order valence-corrected chi connectivity index (χ2v) is 6.65. The number of hydrogen-bond acceptors (Lipinski definition) is 5. The van der Waals surface area contributed by atoms with E-state index in [-0.39, 0.29) is 15.7 Å². The molecule has 1 aromatic carbocycles. The Labute approximate surface area is 129 Å². The smallest absolute Gasteiger partial charge is 0.263 e. The highest BCUT2D eigenvalue weighted by Crippen LogP contribution is 2.15. The van der Waals surface area contributed by atoms with Crippen molar-refractivity contribution >= 4 is 49.0 Å². The molecule has 6 nitrogen and oxygen atoms in total. The minimum Gasteiger partial charge on any atom is -0.389 e. The summed E-state index contributed by atoms with van der Waals surface area (Å²) >= 11 is 7.92. The van der Waals surface area contributed by atoms with Crippen molar-refractivity contribution in [1.82, 2.24) is 9.97 Å². The summed E-state index contributed by atoms with van der Waals surface area (Å²) < 4.78 is 27.1. The third kappa shape index (κ3) is 3.50. The van der Waals surface area contributed by atoms with E-state index in [1.54, 1.807) is 12.1 Å². The van der Waals surface area contributed by atoms with E-state index in [1.807, 2.05) is 0 Å². The summed E-state index contributed by atoms with van der Waals surface area (Å²) in [7, 11) is -3.72. The van der Waals surface area contributed by atoms with Crippen LogP contribution in [0.3, 0.4) is 0 Å². The highest BCUT2D eigenvalue weighted by molar-refractivity contribution is 9.10. The van der Waals surface area contributed by atoms with Crippen molar-refractivity contribution in [3.05, 3.63) is 46.8 Å². The summed E-state index contributed by atoms with van der Waals surface area (Å²) in [5.41, 5.74) is 6.05. The Bertz CT molecular complexity index is 730. The van der Waals surface area contributed by atoms with Crippen molar-refractivity contribution in [3.8, 4) is 0 Å². The lowest BCUT2D eigenvalue weighted by Crippen LogP contribution is -2.15. The van der Waals surface area contributed by atoms with E-state index in [9.17, 15) is 8.42 Å². The summed E-state index contributed by atoms with van der Waals surface area (Å²) in [5, 5.41) is 0. The summed E-state index contributed by atoms with van der Waals surface area (Å²) in [4.78, 5) is 8.08. The molecule has 0 aliphatic heterocycles. The number of aromatic nitrogens is 2. The second-order valence-electron chi connectivity index (χ2n) is 3.72. The fourth-order valence-corrected chi connectivity index (χ4v) is 2.69. The highest BCUT2D eigenvalue weighted by Gasteiger charge is 2.15. The molecule has 9 heteroatoms. The van der Waals surface area contributed by atoms with Crippen molar-refractivity contribution < 1.29 is 8.42 Å². The molecule has 0 aliphatic carbocycles. The molecule has 0 radical (unpaired) electrons. The first-order chi connectivity index (χ1) is 9.38. The first-order valence-corrected chi connectivity index (χ1v) is 7.97. The number of thiocarbonyl (C=S) groups is 1. The van der Waals surface area contributed by atoms with Crippen LogP contribution in [0.5, 0.6) is 0 Å². The van der Waals surface area contributed by atoms with Crippen molar-refractivity contribution in [2.24, 2.45) is 5.73 Å². The van der Waals surface area contributed by atoms with Crippen LogP contribution in [-0.2, 0) is 10.0 Å². The molecule has 0 aliphatic rings. The van der Waals surface area contributed by atoms with Gasteiger partial charge < -0.3 is 5.73 Å². The maximum absolute atomic E-state index is 12.1. The molecule has 1 aromatic heterocycles. The van der Waals surface area contributed by atoms with Crippen LogP contribution in [0.4, 0.5) is 5.82 Å². The van der Waals surface area contributed by atoms with Crippen molar-refractivity contribution in [3.63, 3.8) is 0 Å². The second kappa shape index (κ2) is 5.81. The first-order valence-electron chi connectivity index (χ1n) is 5.29. The van der Waals surface area contributed by atoms with E-state index in [2.05, 4.69) is 30.6 Å². The zero-order valence-electron chi connectivity index (χ0n) is 9.95. The van der Waals surface area contributed by atoms with Gasteiger partial charge in [-0.05, 0) is 28.1 Å². The minimum atomic E-state index is -3.72. The van der Waals surface area contributed by atoms with Crippen LogP contribution in [0, 0.1) is 0 Å². The molecule has 2 rings (SSSR count). The number of sulfonamides is 1. The zero-order chi connectivity index (χ0) is 14.8. The average Bonchev–Trinajstić information content (AvgIpc) is 2.41. The Morgan fingerprint density at radius 3 is 2.35 bits per heavy atom. The molecule has 0 spiro atoms. The fourth-order valence-electron chi connectivity index (χ4n) is 1.36. The lowest BCUT2D eigenvalue weighted by molar-refractivity contribution is 0.601. The first kappa shape index (κ1) is 14.8. The molecular formula is C11H9BrN4O2S2. The predicted molar refractivity (Wildman–Crippen MR) is 82.9 cm³/mol. The molecule has 0 bridgehead atoms. The maximum atomic E-state index is 12.1.